The van der Waals surface area contributed by atoms with Crippen LogP contribution in [0.4, 0.5) is 16.2 Å². The third-order valence-electron chi connectivity index (χ3n) is 4.23. The molecule has 134 valence electrons. The Morgan fingerprint density at radius 3 is 2.22 bits per heavy atom. The number of carbonyl (C=O) groups is 1. The van der Waals surface area contributed by atoms with Gasteiger partial charge in [0.05, 0.1) is 17.9 Å². The Kier molecular flexibility index (Phi) is 4.48. The Labute approximate surface area is 160 Å². The molecule has 7 heteroatoms. The van der Waals surface area contributed by atoms with Crippen molar-refractivity contribution in [1.29, 1.82) is 0 Å². The van der Waals surface area contributed by atoms with Gasteiger partial charge in [0.15, 0.2) is 0 Å². The lowest BCUT2D eigenvalue weighted by Crippen LogP contribution is -2.19. The number of anilines is 2. The van der Waals surface area contributed by atoms with Crippen molar-refractivity contribution in [2.75, 3.05) is 10.6 Å². The zero-order chi connectivity index (χ0) is 18.8. The van der Waals surface area contributed by atoms with Crippen molar-refractivity contribution in [3.05, 3.63) is 72.1 Å². The van der Waals surface area contributed by atoms with Crippen LogP contribution in [-0.2, 0) is 7.05 Å². The van der Waals surface area contributed by atoms with Gasteiger partial charge in [-0.3, -0.25) is 9.67 Å². The van der Waals surface area contributed by atoms with Gasteiger partial charge in [0.2, 0.25) is 0 Å². The van der Waals surface area contributed by atoms with E-state index in [2.05, 4.69) is 20.7 Å². The van der Waals surface area contributed by atoms with Crippen molar-refractivity contribution in [2.24, 2.45) is 7.05 Å². The molecule has 0 aliphatic rings. The fourth-order valence-electron chi connectivity index (χ4n) is 2.85. The van der Waals surface area contributed by atoms with Crippen LogP contribution in [0.2, 0.25) is 5.02 Å². The van der Waals surface area contributed by atoms with E-state index in [1.165, 1.54) is 0 Å². The number of nitrogens with one attached hydrogen (secondary N) is 2. The predicted molar refractivity (Wildman–Crippen MR) is 108 cm³/mol. The number of hydrogen-bond acceptors (Lipinski definition) is 3. The number of benzene rings is 2. The van der Waals surface area contributed by atoms with E-state index in [1.807, 2.05) is 43.7 Å². The van der Waals surface area contributed by atoms with Gasteiger partial charge in [-0.25, -0.2) is 4.79 Å². The number of hydrogen-bond donors (Lipinski definition) is 2. The van der Waals surface area contributed by atoms with Crippen LogP contribution < -0.4 is 10.6 Å². The number of rotatable bonds is 3. The molecule has 0 spiro atoms. The van der Waals surface area contributed by atoms with Crippen LogP contribution in [0.3, 0.4) is 0 Å². The number of fused-ring (bicyclic) bond motifs is 1. The molecule has 2 amide bonds. The van der Waals surface area contributed by atoms with Crippen LogP contribution in [0.25, 0.3) is 22.0 Å². The molecule has 0 saturated heterocycles. The molecule has 0 fully saturated rings. The van der Waals surface area contributed by atoms with Crippen molar-refractivity contribution in [2.45, 2.75) is 0 Å². The lowest BCUT2D eigenvalue weighted by Gasteiger charge is -2.09. The predicted octanol–water partition coefficient (Wildman–Crippen LogP) is 4.93. The molecule has 0 aliphatic carbocycles. The Morgan fingerprint density at radius 1 is 0.926 bits per heavy atom. The number of carbonyl (C=O) groups excluding carboxylic acids is 1. The largest absolute Gasteiger partial charge is 0.323 e. The zero-order valence-electron chi connectivity index (χ0n) is 14.5. The fraction of sp³-hybridized carbons (Fsp3) is 0.0500. The molecule has 2 N–H and O–H groups in total. The van der Waals surface area contributed by atoms with E-state index < -0.39 is 0 Å². The normalized spacial score (nSPS) is 10.7. The van der Waals surface area contributed by atoms with Gasteiger partial charge < -0.3 is 10.6 Å². The third kappa shape index (κ3) is 3.61. The van der Waals surface area contributed by atoms with Gasteiger partial charge in [0.25, 0.3) is 0 Å². The van der Waals surface area contributed by atoms with Gasteiger partial charge in [-0.15, -0.1) is 0 Å². The summed E-state index contributed by atoms with van der Waals surface area (Å²) in [5, 5.41) is 11.5. The third-order valence-corrected chi connectivity index (χ3v) is 4.48. The molecule has 4 rings (SSSR count). The van der Waals surface area contributed by atoms with Gasteiger partial charge in [0.1, 0.15) is 0 Å². The molecule has 2 heterocycles. The maximum atomic E-state index is 12.1. The highest BCUT2D eigenvalue weighted by molar-refractivity contribution is 6.30. The molecule has 0 radical (unpaired) electrons. The number of aryl methyl sites for hydroxylation is 1. The standard InChI is InChI=1S/C20H16ClN5O/c1-26-19-12-22-10-17(18(19)11-23-26)13-2-6-15(7-3-13)24-20(27)25-16-8-4-14(21)5-9-16/h2-12H,1H3,(H2,24,25,27). The summed E-state index contributed by atoms with van der Waals surface area (Å²) < 4.78 is 1.79. The van der Waals surface area contributed by atoms with E-state index in [4.69, 9.17) is 11.6 Å². The lowest BCUT2D eigenvalue weighted by atomic mass is 10.0. The van der Waals surface area contributed by atoms with Crippen LogP contribution in [0.15, 0.2) is 67.1 Å². The highest BCUT2D eigenvalue weighted by Crippen LogP contribution is 2.28. The highest BCUT2D eigenvalue weighted by Gasteiger charge is 2.08. The summed E-state index contributed by atoms with van der Waals surface area (Å²) in [6, 6.07) is 14.2. The van der Waals surface area contributed by atoms with E-state index in [9.17, 15) is 4.79 Å². The van der Waals surface area contributed by atoms with Crippen molar-refractivity contribution in [3.63, 3.8) is 0 Å². The van der Waals surface area contributed by atoms with Crippen LogP contribution >= 0.6 is 11.6 Å². The van der Waals surface area contributed by atoms with E-state index >= 15 is 0 Å². The SMILES string of the molecule is Cn1ncc2c(-c3ccc(NC(=O)Nc4ccc(Cl)cc4)cc3)cncc21. The van der Waals surface area contributed by atoms with Gasteiger partial charge in [0, 0.05) is 40.6 Å². The summed E-state index contributed by atoms with van der Waals surface area (Å²) in [4.78, 5) is 16.4. The van der Waals surface area contributed by atoms with E-state index in [0.717, 1.165) is 22.0 Å². The molecule has 6 nitrogen and oxygen atoms in total. The maximum Gasteiger partial charge on any atom is 0.323 e. The molecule has 4 aromatic rings. The molecule has 0 saturated carbocycles. The minimum atomic E-state index is -0.318. The summed E-state index contributed by atoms with van der Waals surface area (Å²) in [5.74, 6) is 0. The summed E-state index contributed by atoms with van der Waals surface area (Å²) in [5.41, 5.74) is 4.33. The number of nitrogens with zero attached hydrogens (tertiary/aromatic N) is 3. The van der Waals surface area contributed by atoms with Crippen LogP contribution in [0.1, 0.15) is 0 Å². The highest BCUT2D eigenvalue weighted by atomic mass is 35.5. The molecule has 27 heavy (non-hydrogen) atoms. The maximum absolute atomic E-state index is 12.1. The molecular weight excluding hydrogens is 362 g/mol. The monoisotopic (exact) mass is 377 g/mol. The Balaban J connectivity index is 1.50. The summed E-state index contributed by atoms with van der Waals surface area (Å²) in [6.45, 7) is 0. The summed E-state index contributed by atoms with van der Waals surface area (Å²) in [6.07, 6.45) is 5.45. The van der Waals surface area contributed by atoms with Crippen molar-refractivity contribution in [3.8, 4) is 11.1 Å². The Morgan fingerprint density at radius 2 is 1.56 bits per heavy atom. The minimum Gasteiger partial charge on any atom is -0.308 e. The van der Waals surface area contributed by atoms with Crippen molar-refractivity contribution in [1.82, 2.24) is 14.8 Å². The first-order chi connectivity index (χ1) is 13.1. The first-order valence-corrected chi connectivity index (χ1v) is 8.68. The molecule has 0 bridgehead atoms. The van der Waals surface area contributed by atoms with E-state index in [1.54, 1.807) is 35.1 Å². The van der Waals surface area contributed by atoms with Crippen LogP contribution in [0.5, 0.6) is 0 Å². The number of aromatic nitrogens is 3. The van der Waals surface area contributed by atoms with Gasteiger partial charge >= 0.3 is 6.03 Å². The smallest absolute Gasteiger partial charge is 0.308 e. The van der Waals surface area contributed by atoms with Gasteiger partial charge in [-0.2, -0.15) is 5.10 Å². The first kappa shape index (κ1) is 17.1. The number of halogens is 1. The molecular formula is C20H16ClN5O. The molecule has 2 aromatic carbocycles. The summed E-state index contributed by atoms with van der Waals surface area (Å²) in [7, 11) is 1.89. The fourth-order valence-corrected chi connectivity index (χ4v) is 2.98. The Bertz CT molecular complexity index is 1100. The van der Waals surface area contributed by atoms with Crippen LogP contribution in [0, 0.1) is 0 Å². The molecule has 0 unspecified atom stereocenters. The van der Waals surface area contributed by atoms with E-state index in [0.29, 0.717) is 16.4 Å². The lowest BCUT2D eigenvalue weighted by molar-refractivity contribution is 0.262. The quantitative estimate of drug-likeness (QED) is 0.531. The van der Waals surface area contributed by atoms with Crippen molar-refractivity contribution < 1.29 is 4.79 Å². The van der Waals surface area contributed by atoms with Gasteiger partial charge in [-0.1, -0.05) is 23.7 Å². The second kappa shape index (κ2) is 7.09. The summed E-state index contributed by atoms with van der Waals surface area (Å²) >= 11 is 5.84. The molecule has 2 aromatic heterocycles. The average molecular weight is 378 g/mol. The second-order valence-electron chi connectivity index (χ2n) is 6.05. The molecule has 0 aliphatic heterocycles. The number of pyridine rings is 1. The Hall–Kier alpha value is -3.38. The first-order valence-electron chi connectivity index (χ1n) is 8.30. The van der Waals surface area contributed by atoms with Crippen molar-refractivity contribution >= 4 is 39.9 Å². The average Bonchev–Trinajstić information content (AvgIpc) is 3.06. The molecule has 0 atom stereocenters. The van der Waals surface area contributed by atoms with E-state index in [-0.39, 0.29) is 6.03 Å². The minimum absolute atomic E-state index is 0.318. The zero-order valence-corrected chi connectivity index (χ0v) is 15.2. The topological polar surface area (TPSA) is 71.8 Å². The van der Waals surface area contributed by atoms with Crippen LogP contribution in [-0.4, -0.2) is 20.8 Å². The second-order valence-corrected chi connectivity index (χ2v) is 6.49. The number of urea groups is 1. The number of amides is 2. The van der Waals surface area contributed by atoms with Gasteiger partial charge in [-0.05, 0) is 42.0 Å².